The van der Waals surface area contributed by atoms with E-state index < -0.39 is 12.1 Å². The Morgan fingerprint density at radius 3 is 2.48 bits per heavy atom. The predicted octanol–water partition coefficient (Wildman–Crippen LogP) is 3.73. The molecular weight excluding hydrogens is 421 g/mol. The molecule has 1 aliphatic heterocycles. The van der Waals surface area contributed by atoms with Crippen molar-refractivity contribution in [1.82, 2.24) is 19.6 Å². The summed E-state index contributed by atoms with van der Waals surface area (Å²) in [6, 6.07) is 16.5. The van der Waals surface area contributed by atoms with Gasteiger partial charge in [0, 0.05) is 43.8 Å². The van der Waals surface area contributed by atoms with Crippen LogP contribution in [0.4, 0.5) is 15.9 Å². The van der Waals surface area contributed by atoms with Gasteiger partial charge in [-0.3, -0.25) is 9.36 Å². The molecular formula is C24H24FN7O. The van der Waals surface area contributed by atoms with Crippen LogP contribution in [-0.2, 0) is 14.1 Å². The highest BCUT2D eigenvalue weighted by atomic mass is 19.1. The smallest absolute Gasteiger partial charge is 0.198 e. The van der Waals surface area contributed by atoms with Crippen molar-refractivity contribution in [2.75, 3.05) is 17.3 Å². The van der Waals surface area contributed by atoms with Gasteiger partial charge < -0.3 is 15.0 Å². The number of ether oxygens (including phenoxy) is 1. The molecule has 2 aromatic heterocycles. The highest BCUT2D eigenvalue weighted by Gasteiger charge is 2.34. The van der Waals surface area contributed by atoms with Crippen LogP contribution in [0, 0.1) is 5.82 Å². The molecule has 0 fully saturated rings. The van der Waals surface area contributed by atoms with Crippen molar-refractivity contribution in [1.29, 1.82) is 0 Å². The monoisotopic (exact) mass is 445 g/mol. The van der Waals surface area contributed by atoms with Crippen LogP contribution in [0.2, 0.25) is 0 Å². The first kappa shape index (κ1) is 20.7. The Hall–Kier alpha value is -4.14. The SMILES string of the molecule is COc1ccc([C@@H](c2ccnn2C)N2c3ccccc3C=NC2Nc2ccnn2C)cc1F. The molecule has 5 rings (SSSR count). The van der Waals surface area contributed by atoms with E-state index in [0.29, 0.717) is 0 Å². The molecule has 8 nitrogen and oxygen atoms in total. The fourth-order valence-electron chi connectivity index (χ4n) is 4.20. The maximum absolute atomic E-state index is 14.8. The second kappa shape index (κ2) is 8.42. The van der Waals surface area contributed by atoms with E-state index in [1.54, 1.807) is 27.8 Å². The van der Waals surface area contributed by atoms with Gasteiger partial charge in [-0.15, -0.1) is 0 Å². The predicted molar refractivity (Wildman–Crippen MR) is 125 cm³/mol. The number of halogens is 1. The van der Waals surface area contributed by atoms with Crippen LogP contribution in [0.1, 0.15) is 22.9 Å². The fourth-order valence-corrected chi connectivity index (χ4v) is 4.20. The molecule has 3 heterocycles. The molecule has 0 bridgehead atoms. The average Bonchev–Trinajstić information content (AvgIpc) is 3.43. The van der Waals surface area contributed by atoms with Crippen molar-refractivity contribution in [3.63, 3.8) is 0 Å². The van der Waals surface area contributed by atoms with E-state index in [9.17, 15) is 4.39 Å². The minimum Gasteiger partial charge on any atom is -0.494 e. The zero-order valence-electron chi connectivity index (χ0n) is 18.6. The summed E-state index contributed by atoms with van der Waals surface area (Å²) >= 11 is 0. The van der Waals surface area contributed by atoms with E-state index in [1.807, 2.05) is 62.8 Å². The summed E-state index contributed by atoms with van der Waals surface area (Å²) in [5.74, 6) is 0.586. The van der Waals surface area contributed by atoms with Crippen molar-refractivity contribution < 1.29 is 9.13 Å². The van der Waals surface area contributed by atoms with E-state index in [2.05, 4.69) is 20.4 Å². The molecule has 2 aromatic carbocycles. The Balaban J connectivity index is 1.69. The second-order valence-electron chi connectivity index (χ2n) is 7.78. The van der Waals surface area contributed by atoms with Crippen LogP contribution in [0.5, 0.6) is 5.75 Å². The number of nitrogens with one attached hydrogen (secondary N) is 1. The van der Waals surface area contributed by atoms with Gasteiger partial charge in [0.25, 0.3) is 0 Å². The van der Waals surface area contributed by atoms with E-state index in [4.69, 9.17) is 9.73 Å². The number of hydrogen-bond acceptors (Lipinski definition) is 6. The van der Waals surface area contributed by atoms with Gasteiger partial charge in [0.2, 0.25) is 0 Å². The number of fused-ring (bicyclic) bond motifs is 1. The van der Waals surface area contributed by atoms with Gasteiger partial charge in [-0.05, 0) is 29.8 Å². The minimum atomic E-state index is -0.472. The average molecular weight is 446 g/mol. The molecule has 9 heteroatoms. The van der Waals surface area contributed by atoms with Gasteiger partial charge in [0.1, 0.15) is 11.9 Å². The van der Waals surface area contributed by atoms with Crippen LogP contribution >= 0.6 is 0 Å². The van der Waals surface area contributed by atoms with Crippen LogP contribution in [0.3, 0.4) is 0 Å². The lowest BCUT2D eigenvalue weighted by atomic mass is 9.98. The number of methoxy groups -OCH3 is 1. The summed E-state index contributed by atoms with van der Waals surface area (Å²) in [4.78, 5) is 6.95. The summed E-state index contributed by atoms with van der Waals surface area (Å²) in [6.07, 6.45) is 4.85. The summed E-state index contributed by atoms with van der Waals surface area (Å²) < 4.78 is 23.5. The quantitative estimate of drug-likeness (QED) is 0.490. The molecule has 33 heavy (non-hydrogen) atoms. The standard InChI is InChI=1S/C24H24FN7O/c1-30-20(10-12-27-30)23(16-8-9-21(33-3)18(25)14-16)32-19-7-5-4-6-17(19)15-26-24(32)29-22-11-13-28-31(22)2/h4-15,23-24,29H,1-3H3/t23-,24?/m0/s1. The van der Waals surface area contributed by atoms with Gasteiger partial charge in [-0.1, -0.05) is 24.3 Å². The number of aryl methyl sites for hydroxylation is 2. The molecule has 0 saturated carbocycles. The third-order valence-corrected chi connectivity index (χ3v) is 5.84. The van der Waals surface area contributed by atoms with Gasteiger partial charge >= 0.3 is 0 Å². The first-order chi connectivity index (χ1) is 16.1. The third-order valence-electron chi connectivity index (χ3n) is 5.84. The van der Waals surface area contributed by atoms with Crippen molar-refractivity contribution in [3.8, 4) is 5.75 Å². The van der Waals surface area contributed by atoms with E-state index in [1.165, 1.54) is 13.2 Å². The molecule has 0 radical (unpaired) electrons. The van der Waals surface area contributed by atoms with Gasteiger partial charge in [-0.25, -0.2) is 9.38 Å². The number of anilines is 2. The molecule has 0 saturated heterocycles. The summed E-state index contributed by atoms with van der Waals surface area (Å²) in [7, 11) is 5.20. The number of para-hydroxylation sites is 1. The number of rotatable bonds is 6. The molecule has 2 atom stereocenters. The Morgan fingerprint density at radius 2 is 1.79 bits per heavy atom. The van der Waals surface area contributed by atoms with Crippen LogP contribution in [-0.4, -0.2) is 39.2 Å². The molecule has 4 aromatic rings. The number of benzene rings is 2. The topological polar surface area (TPSA) is 72.5 Å². The first-order valence-corrected chi connectivity index (χ1v) is 10.5. The Kier molecular flexibility index (Phi) is 5.29. The number of hydrogen-bond donors (Lipinski definition) is 1. The van der Waals surface area contributed by atoms with E-state index in [0.717, 1.165) is 28.3 Å². The van der Waals surface area contributed by atoms with Crippen LogP contribution < -0.4 is 15.0 Å². The maximum atomic E-state index is 14.8. The zero-order valence-corrected chi connectivity index (χ0v) is 18.6. The summed E-state index contributed by atoms with van der Waals surface area (Å²) in [5.41, 5.74) is 3.58. The molecule has 1 N–H and O–H groups in total. The lowest BCUT2D eigenvalue weighted by molar-refractivity contribution is 0.385. The Morgan fingerprint density at radius 1 is 1.00 bits per heavy atom. The lowest BCUT2D eigenvalue weighted by Crippen LogP contribution is -2.46. The van der Waals surface area contributed by atoms with Crippen molar-refractivity contribution in [2.45, 2.75) is 12.3 Å². The molecule has 1 unspecified atom stereocenters. The number of aromatic nitrogens is 4. The Bertz CT molecular complexity index is 1310. The van der Waals surface area contributed by atoms with E-state index >= 15 is 0 Å². The molecule has 0 spiro atoms. The summed E-state index contributed by atoms with van der Waals surface area (Å²) in [5, 5.41) is 12.1. The molecule has 168 valence electrons. The van der Waals surface area contributed by atoms with Gasteiger partial charge in [-0.2, -0.15) is 10.2 Å². The van der Waals surface area contributed by atoms with Crippen molar-refractivity contribution in [2.24, 2.45) is 19.1 Å². The van der Waals surface area contributed by atoms with Gasteiger partial charge in [0.15, 0.2) is 17.9 Å². The second-order valence-corrected chi connectivity index (χ2v) is 7.78. The number of nitrogens with zero attached hydrogens (tertiary/aromatic N) is 6. The third kappa shape index (κ3) is 3.71. The Labute approximate surface area is 190 Å². The highest BCUT2D eigenvalue weighted by Crippen LogP contribution is 2.39. The maximum Gasteiger partial charge on any atom is 0.198 e. The van der Waals surface area contributed by atoms with Crippen LogP contribution in [0.25, 0.3) is 0 Å². The largest absolute Gasteiger partial charge is 0.494 e. The lowest BCUT2D eigenvalue weighted by Gasteiger charge is -2.41. The zero-order chi connectivity index (χ0) is 22.9. The molecule has 0 aliphatic carbocycles. The number of aliphatic imine (C=N–C) groups is 1. The molecule has 0 amide bonds. The minimum absolute atomic E-state index is 0.198. The highest BCUT2D eigenvalue weighted by molar-refractivity contribution is 5.90. The van der Waals surface area contributed by atoms with Crippen LogP contribution in [0.15, 0.2) is 72.0 Å². The van der Waals surface area contributed by atoms with E-state index in [-0.39, 0.29) is 11.8 Å². The normalized spacial score (nSPS) is 15.9. The molecule has 1 aliphatic rings. The van der Waals surface area contributed by atoms with Crippen molar-refractivity contribution >= 4 is 17.7 Å². The first-order valence-electron chi connectivity index (χ1n) is 10.5. The van der Waals surface area contributed by atoms with Gasteiger partial charge in [0.05, 0.1) is 19.0 Å². The summed E-state index contributed by atoms with van der Waals surface area (Å²) in [6.45, 7) is 0. The fraction of sp³-hybridized carbons (Fsp3) is 0.208. The van der Waals surface area contributed by atoms with Crippen molar-refractivity contribution in [3.05, 3.63) is 89.6 Å².